The van der Waals surface area contributed by atoms with Crippen LogP contribution in [0.1, 0.15) is 33.5 Å². The van der Waals surface area contributed by atoms with Crippen LogP contribution in [0, 0.1) is 0 Å². The van der Waals surface area contributed by atoms with E-state index < -0.39 is 17.1 Å². The third kappa shape index (κ3) is 6.06. The average molecular weight is 638 g/mol. The summed E-state index contributed by atoms with van der Waals surface area (Å²) in [7, 11) is 1.29. The Labute approximate surface area is 277 Å². The van der Waals surface area contributed by atoms with Gasteiger partial charge in [0.05, 0.1) is 7.11 Å². The molecule has 0 atom stereocenters. The van der Waals surface area contributed by atoms with E-state index in [9.17, 15) is 9.59 Å². The van der Waals surface area contributed by atoms with Gasteiger partial charge in [0.25, 0.3) is 5.60 Å². The smallest absolute Gasteiger partial charge is 0.362 e. The number of oxime groups is 1. The lowest BCUT2D eigenvalue weighted by Crippen LogP contribution is -2.40. The number of thiazole rings is 1. The Balaban J connectivity index is 1.43. The first kappa shape index (κ1) is 31.1. The zero-order chi connectivity index (χ0) is 32.5. The molecule has 0 aliphatic carbocycles. The number of rotatable bonds is 12. The Morgan fingerprint density at radius 1 is 0.681 bits per heavy atom. The first-order chi connectivity index (χ1) is 23.1. The monoisotopic (exact) mass is 637 g/mol. The summed E-state index contributed by atoms with van der Waals surface area (Å²) >= 11 is 1.33. The molecule has 8 heteroatoms. The quantitative estimate of drug-likeness (QED) is 0.0489. The number of nitrogens with zero attached hydrogens (tertiary/aromatic N) is 2. The maximum atomic E-state index is 13.5. The van der Waals surface area contributed by atoms with E-state index in [0.29, 0.717) is 22.5 Å². The van der Waals surface area contributed by atoms with E-state index in [-0.39, 0.29) is 11.4 Å². The van der Waals surface area contributed by atoms with Gasteiger partial charge >= 0.3 is 5.97 Å². The molecule has 0 fully saturated rings. The number of hydrogen-bond donors (Lipinski definition) is 1. The fourth-order valence-corrected chi connectivity index (χ4v) is 6.43. The second-order valence-corrected chi connectivity index (χ2v) is 11.5. The molecule has 232 valence electrons. The first-order valence-electron chi connectivity index (χ1n) is 14.9. The van der Waals surface area contributed by atoms with Crippen LogP contribution in [0.4, 0.5) is 5.13 Å². The third-order valence-electron chi connectivity index (χ3n) is 7.91. The molecule has 0 bridgehead atoms. The molecule has 0 saturated carbocycles. The molecule has 6 aromatic rings. The molecule has 0 aliphatic heterocycles. The number of aldehydes is 1. The van der Waals surface area contributed by atoms with Crippen LogP contribution in [-0.4, -0.2) is 30.1 Å². The number of aromatic nitrogens is 1. The van der Waals surface area contributed by atoms with Crippen molar-refractivity contribution in [3.05, 3.63) is 191 Å². The van der Waals surface area contributed by atoms with Crippen molar-refractivity contribution in [3.8, 4) is 0 Å². The van der Waals surface area contributed by atoms with Gasteiger partial charge in [0.2, 0.25) is 0 Å². The number of benzene rings is 5. The van der Waals surface area contributed by atoms with Crippen LogP contribution >= 0.6 is 11.3 Å². The second-order valence-electron chi connectivity index (χ2n) is 10.6. The third-order valence-corrected chi connectivity index (χ3v) is 8.67. The average Bonchev–Trinajstić information content (AvgIpc) is 3.62. The van der Waals surface area contributed by atoms with Gasteiger partial charge in [0, 0.05) is 16.5 Å². The van der Waals surface area contributed by atoms with Gasteiger partial charge in [-0.1, -0.05) is 157 Å². The van der Waals surface area contributed by atoms with Crippen molar-refractivity contribution in [2.75, 3.05) is 12.4 Å². The van der Waals surface area contributed by atoms with Crippen LogP contribution < -0.4 is 5.32 Å². The summed E-state index contributed by atoms with van der Waals surface area (Å²) in [5.41, 5.74) is 1.63. The van der Waals surface area contributed by atoms with Crippen molar-refractivity contribution in [2.24, 2.45) is 5.16 Å². The van der Waals surface area contributed by atoms with Gasteiger partial charge in [-0.25, -0.2) is 9.78 Å². The summed E-state index contributed by atoms with van der Waals surface area (Å²) in [5, 5.41) is 10.3. The van der Waals surface area contributed by atoms with E-state index >= 15 is 0 Å². The number of anilines is 1. The minimum absolute atomic E-state index is 0.0841. The topological polar surface area (TPSA) is 89.9 Å². The predicted molar refractivity (Wildman–Crippen MR) is 184 cm³/mol. The molecule has 0 amide bonds. The van der Waals surface area contributed by atoms with E-state index in [2.05, 4.69) is 46.9 Å². The van der Waals surface area contributed by atoms with Crippen LogP contribution in [0.15, 0.2) is 162 Å². The number of nitrogens with one attached hydrogen (secondary N) is 1. The summed E-state index contributed by atoms with van der Waals surface area (Å²) in [6.07, 6.45) is 0.565. The standard InChI is InChI=1S/C39H31N3O4S/c1-45-36(44)39(32-23-13-5-14-24-32,33-25-15-6-16-26-33)46-42-34(27-43)35-28-47-37(40-35)41-38(29-17-7-2-8-18-29,30-19-9-3-10-20-30)31-21-11-4-12-22-31/h2-28H,1H3,(H,40,41)/b42-34+. The molecule has 7 nitrogen and oxygen atoms in total. The lowest BCUT2D eigenvalue weighted by molar-refractivity contribution is -0.165. The highest BCUT2D eigenvalue weighted by molar-refractivity contribution is 7.14. The Hall–Kier alpha value is -5.86. The zero-order valence-electron chi connectivity index (χ0n) is 25.5. The van der Waals surface area contributed by atoms with E-state index in [4.69, 9.17) is 14.6 Å². The minimum atomic E-state index is -1.77. The lowest BCUT2D eigenvalue weighted by atomic mass is 9.77. The number of carbonyl (C=O) groups excluding carboxylic acids is 2. The molecule has 5 aromatic carbocycles. The van der Waals surface area contributed by atoms with Crippen LogP contribution in [-0.2, 0) is 30.3 Å². The van der Waals surface area contributed by atoms with E-state index in [1.54, 1.807) is 53.9 Å². The molecule has 0 aliphatic rings. The first-order valence-corrected chi connectivity index (χ1v) is 15.8. The van der Waals surface area contributed by atoms with Crippen LogP contribution in [0.5, 0.6) is 0 Å². The highest BCUT2D eigenvalue weighted by atomic mass is 32.1. The molecule has 0 unspecified atom stereocenters. The van der Waals surface area contributed by atoms with Crippen LogP contribution in [0.3, 0.4) is 0 Å². The summed E-state index contributed by atoms with van der Waals surface area (Å²) < 4.78 is 5.24. The van der Waals surface area contributed by atoms with Gasteiger partial charge in [-0.05, 0) is 16.7 Å². The summed E-state index contributed by atoms with van der Waals surface area (Å²) in [6.45, 7) is 0. The molecule has 47 heavy (non-hydrogen) atoms. The summed E-state index contributed by atoms with van der Waals surface area (Å²) in [6, 6.07) is 48.3. The Morgan fingerprint density at radius 3 is 1.47 bits per heavy atom. The highest BCUT2D eigenvalue weighted by Gasteiger charge is 2.47. The molecule has 0 saturated heterocycles. The number of carbonyl (C=O) groups is 2. The summed E-state index contributed by atoms with van der Waals surface area (Å²) in [4.78, 5) is 36.9. The lowest BCUT2D eigenvalue weighted by Gasteiger charge is -2.36. The van der Waals surface area contributed by atoms with Gasteiger partial charge in [-0.3, -0.25) is 4.79 Å². The van der Waals surface area contributed by atoms with Gasteiger partial charge in [-0.2, -0.15) is 0 Å². The van der Waals surface area contributed by atoms with Gasteiger partial charge in [0.15, 0.2) is 17.1 Å². The molecule has 0 radical (unpaired) electrons. The van der Waals surface area contributed by atoms with Gasteiger partial charge in [0.1, 0.15) is 11.2 Å². The van der Waals surface area contributed by atoms with Gasteiger partial charge in [-0.15, -0.1) is 11.3 Å². The van der Waals surface area contributed by atoms with Crippen molar-refractivity contribution in [1.82, 2.24) is 4.98 Å². The van der Waals surface area contributed by atoms with Crippen LogP contribution in [0.25, 0.3) is 0 Å². The fourth-order valence-electron chi connectivity index (χ4n) is 5.67. The number of hydrogen-bond acceptors (Lipinski definition) is 8. The number of methoxy groups -OCH3 is 1. The Bertz CT molecular complexity index is 1810. The fraction of sp³-hybridized carbons (Fsp3) is 0.0769. The number of esters is 1. The zero-order valence-corrected chi connectivity index (χ0v) is 26.3. The minimum Gasteiger partial charge on any atom is -0.465 e. The molecule has 1 N–H and O–H groups in total. The van der Waals surface area contributed by atoms with Crippen molar-refractivity contribution in [1.29, 1.82) is 0 Å². The second kappa shape index (κ2) is 14.1. The van der Waals surface area contributed by atoms with Crippen molar-refractivity contribution >= 4 is 34.4 Å². The van der Waals surface area contributed by atoms with Gasteiger partial charge < -0.3 is 14.9 Å². The normalized spacial score (nSPS) is 11.8. The maximum absolute atomic E-state index is 13.5. The number of ether oxygens (including phenoxy) is 1. The molecule has 1 aromatic heterocycles. The van der Waals surface area contributed by atoms with Crippen molar-refractivity contribution < 1.29 is 19.2 Å². The largest absolute Gasteiger partial charge is 0.465 e. The molecule has 0 spiro atoms. The van der Waals surface area contributed by atoms with E-state index in [1.165, 1.54) is 18.4 Å². The van der Waals surface area contributed by atoms with Crippen molar-refractivity contribution in [3.63, 3.8) is 0 Å². The van der Waals surface area contributed by atoms with Crippen LogP contribution in [0.2, 0.25) is 0 Å². The Morgan fingerprint density at radius 2 is 1.09 bits per heavy atom. The summed E-state index contributed by atoms with van der Waals surface area (Å²) in [5.74, 6) is -0.692. The SMILES string of the molecule is COC(=O)C(O/N=C(\C=O)c1csc(NC(c2ccccc2)(c2ccccc2)c2ccccc2)n1)(c1ccccc1)c1ccccc1. The predicted octanol–water partition coefficient (Wildman–Crippen LogP) is 7.58. The highest BCUT2D eigenvalue weighted by Crippen LogP contribution is 2.41. The molecular weight excluding hydrogens is 607 g/mol. The molecule has 6 rings (SSSR count). The Kier molecular flexibility index (Phi) is 9.31. The van der Waals surface area contributed by atoms with E-state index in [0.717, 1.165) is 16.7 Å². The van der Waals surface area contributed by atoms with Crippen molar-refractivity contribution in [2.45, 2.75) is 11.1 Å². The molecular formula is C39H31N3O4S. The molecule has 1 heterocycles. The maximum Gasteiger partial charge on any atom is 0.362 e. The van der Waals surface area contributed by atoms with E-state index in [1.807, 2.05) is 66.7 Å².